The topological polar surface area (TPSA) is 80.0 Å². The molecule has 2 aromatic heterocycles. The number of aryl methyl sites for hydroxylation is 1. The van der Waals surface area contributed by atoms with Gasteiger partial charge in [-0.3, -0.25) is 4.79 Å². The number of amides is 1. The molecular weight excluding hydrogens is 288 g/mol. The molecule has 0 unspecified atom stereocenters. The summed E-state index contributed by atoms with van der Waals surface area (Å²) in [5, 5.41) is 10.5. The molecule has 112 valence electrons. The van der Waals surface area contributed by atoms with Crippen molar-refractivity contribution in [3.8, 4) is 0 Å². The Morgan fingerprint density at radius 3 is 3.00 bits per heavy atom. The van der Waals surface area contributed by atoms with Crippen LogP contribution in [0.3, 0.4) is 0 Å². The molecule has 7 heteroatoms. The fourth-order valence-corrected chi connectivity index (χ4v) is 2.58. The van der Waals surface area contributed by atoms with Gasteiger partial charge in [0, 0.05) is 31.1 Å². The summed E-state index contributed by atoms with van der Waals surface area (Å²) in [6.45, 7) is 3.16. The first-order chi connectivity index (χ1) is 10.2. The Morgan fingerprint density at radius 1 is 1.43 bits per heavy atom. The first-order valence-electron chi connectivity index (χ1n) is 6.63. The number of carbonyl (C=O) groups is 1. The number of likely N-dealkylation sites (N-methyl/N-ethyl adjacent to an activating group) is 1. The van der Waals surface area contributed by atoms with E-state index in [2.05, 4.69) is 20.8 Å². The van der Waals surface area contributed by atoms with E-state index < -0.39 is 0 Å². The summed E-state index contributed by atoms with van der Waals surface area (Å²) in [6.07, 6.45) is 1.68. The predicted molar refractivity (Wildman–Crippen MR) is 81.3 cm³/mol. The molecule has 0 aliphatic rings. The van der Waals surface area contributed by atoms with E-state index in [0.29, 0.717) is 22.9 Å². The Hall–Kier alpha value is -1.86. The fourth-order valence-electron chi connectivity index (χ4n) is 1.70. The van der Waals surface area contributed by atoms with Crippen LogP contribution < -0.4 is 10.6 Å². The molecule has 2 rings (SSSR count). The SMILES string of the molecule is CNCCNC(=O)c1cccnc1SCc1cc(C)on1. The quantitative estimate of drug-likeness (QED) is 0.598. The Morgan fingerprint density at radius 2 is 2.29 bits per heavy atom. The van der Waals surface area contributed by atoms with Crippen LogP contribution in [0, 0.1) is 6.92 Å². The summed E-state index contributed by atoms with van der Waals surface area (Å²) < 4.78 is 5.03. The first kappa shape index (κ1) is 15.5. The molecule has 2 N–H and O–H groups in total. The molecule has 21 heavy (non-hydrogen) atoms. The molecule has 0 spiro atoms. The number of hydrogen-bond acceptors (Lipinski definition) is 6. The van der Waals surface area contributed by atoms with Crippen molar-refractivity contribution in [2.24, 2.45) is 0 Å². The molecule has 0 aromatic carbocycles. The number of thioether (sulfide) groups is 1. The summed E-state index contributed by atoms with van der Waals surface area (Å²) in [7, 11) is 1.84. The van der Waals surface area contributed by atoms with Crippen LogP contribution in [0.5, 0.6) is 0 Å². The second kappa shape index (κ2) is 7.80. The highest BCUT2D eigenvalue weighted by Crippen LogP contribution is 2.23. The molecule has 0 radical (unpaired) electrons. The van der Waals surface area contributed by atoms with Crippen LogP contribution in [0.1, 0.15) is 21.8 Å². The standard InChI is InChI=1S/C14H18N4O2S/c1-10-8-11(18-20-10)9-21-14-12(4-3-5-17-14)13(19)16-7-6-15-2/h3-5,8,15H,6-7,9H2,1-2H3,(H,16,19). The van der Waals surface area contributed by atoms with E-state index in [1.807, 2.05) is 20.0 Å². The van der Waals surface area contributed by atoms with Crippen molar-refractivity contribution in [3.05, 3.63) is 41.4 Å². The minimum absolute atomic E-state index is 0.114. The molecule has 2 heterocycles. The van der Waals surface area contributed by atoms with E-state index in [9.17, 15) is 4.79 Å². The zero-order chi connectivity index (χ0) is 15.1. The maximum atomic E-state index is 12.1. The molecular formula is C14H18N4O2S. The summed E-state index contributed by atoms with van der Waals surface area (Å²) >= 11 is 1.47. The van der Waals surface area contributed by atoms with Crippen LogP contribution in [-0.4, -0.2) is 36.2 Å². The minimum Gasteiger partial charge on any atom is -0.361 e. The predicted octanol–water partition coefficient (Wildman–Crippen LogP) is 1.62. The number of pyridine rings is 1. The monoisotopic (exact) mass is 306 g/mol. The van der Waals surface area contributed by atoms with E-state index in [1.165, 1.54) is 11.8 Å². The van der Waals surface area contributed by atoms with Gasteiger partial charge in [-0.25, -0.2) is 4.98 Å². The lowest BCUT2D eigenvalue weighted by molar-refractivity contribution is 0.0950. The molecule has 0 saturated heterocycles. The molecule has 0 atom stereocenters. The first-order valence-corrected chi connectivity index (χ1v) is 7.62. The number of carbonyl (C=O) groups excluding carboxylic acids is 1. The van der Waals surface area contributed by atoms with Crippen LogP contribution in [-0.2, 0) is 5.75 Å². The van der Waals surface area contributed by atoms with Crippen LogP contribution >= 0.6 is 11.8 Å². The van der Waals surface area contributed by atoms with Crippen molar-refractivity contribution in [3.63, 3.8) is 0 Å². The third-order valence-electron chi connectivity index (χ3n) is 2.71. The van der Waals surface area contributed by atoms with Crippen molar-refractivity contribution in [1.82, 2.24) is 20.8 Å². The van der Waals surface area contributed by atoms with Gasteiger partial charge in [0.15, 0.2) is 0 Å². The lowest BCUT2D eigenvalue weighted by atomic mass is 10.2. The maximum Gasteiger partial charge on any atom is 0.254 e. The van der Waals surface area contributed by atoms with Crippen molar-refractivity contribution in [2.75, 3.05) is 20.1 Å². The molecule has 0 fully saturated rings. The number of hydrogen-bond donors (Lipinski definition) is 2. The van der Waals surface area contributed by atoms with Crippen molar-refractivity contribution in [2.45, 2.75) is 17.7 Å². The Balaban J connectivity index is 2.00. The van der Waals surface area contributed by atoms with E-state index in [0.717, 1.165) is 18.0 Å². The zero-order valence-corrected chi connectivity index (χ0v) is 12.9. The van der Waals surface area contributed by atoms with E-state index in [1.54, 1.807) is 18.3 Å². The third-order valence-corrected chi connectivity index (χ3v) is 3.75. The summed E-state index contributed by atoms with van der Waals surface area (Å²) in [5.41, 5.74) is 1.42. The fraction of sp³-hybridized carbons (Fsp3) is 0.357. The van der Waals surface area contributed by atoms with Gasteiger partial charge in [-0.15, -0.1) is 0 Å². The highest BCUT2D eigenvalue weighted by atomic mass is 32.2. The van der Waals surface area contributed by atoms with Gasteiger partial charge in [0.1, 0.15) is 10.8 Å². The van der Waals surface area contributed by atoms with E-state index >= 15 is 0 Å². The van der Waals surface area contributed by atoms with Gasteiger partial charge in [-0.2, -0.15) is 0 Å². The molecule has 0 aliphatic carbocycles. The van der Waals surface area contributed by atoms with Gasteiger partial charge >= 0.3 is 0 Å². The smallest absolute Gasteiger partial charge is 0.254 e. The minimum atomic E-state index is -0.114. The lowest BCUT2D eigenvalue weighted by Gasteiger charge is -2.08. The van der Waals surface area contributed by atoms with Gasteiger partial charge in [0.25, 0.3) is 5.91 Å². The Bertz CT molecular complexity index is 600. The van der Waals surface area contributed by atoms with Crippen molar-refractivity contribution in [1.29, 1.82) is 0 Å². The Kier molecular flexibility index (Phi) is 5.77. The van der Waals surface area contributed by atoms with Crippen LogP contribution in [0.15, 0.2) is 33.9 Å². The maximum absolute atomic E-state index is 12.1. The summed E-state index contributed by atoms with van der Waals surface area (Å²) in [5.74, 6) is 1.28. The highest BCUT2D eigenvalue weighted by molar-refractivity contribution is 7.98. The summed E-state index contributed by atoms with van der Waals surface area (Å²) in [6, 6.07) is 5.41. The largest absolute Gasteiger partial charge is 0.361 e. The van der Waals surface area contributed by atoms with Crippen LogP contribution in [0.2, 0.25) is 0 Å². The van der Waals surface area contributed by atoms with Gasteiger partial charge in [0.2, 0.25) is 0 Å². The number of nitrogens with one attached hydrogen (secondary N) is 2. The van der Waals surface area contributed by atoms with Gasteiger partial charge in [0.05, 0.1) is 11.3 Å². The number of aromatic nitrogens is 2. The Labute approximate surface area is 127 Å². The number of nitrogens with zero attached hydrogens (tertiary/aromatic N) is 2. The lowest BCUT2D eigenvalue weighted by Crippen LogP contribution is -2.30. The van der Waals surface area contributed by atoms with E-state index in [4.69, 9.17) is 4.52 Å². The average Bonchev–Trinajstić information content (AvgIpc) is 2.91. The molecule has 1 amide bonds. The summed E-state index contributed by atoms with van der Waals surface area (Å²) in [4.78, 5) is 16.4. The van der Waals surface area contributed by atoms with Crippen LogP contribution in [0.4, 0.5) is 0 Å². The van der Waals surface area contributed by atoms with Gasteiger partial charge < -0.3 is 15.2 Å². The van der Waals surface area contributed by atoms with Crippen molar-refractivity contribution >= 4 is 17.7 Å². The molecule has 0 aliphatic heterocycles. The normalized spacial score (nSPS) is 10.6. The van der Waals surface area contributed by atoms with Crippen LogP contribution in [0.25, 0.3) is 0 Å². The molecule has 2 aromatic rings. The molecule has 0 bridgehead atoms. The second-order valence-corrected chi connectivity index (χ2v) is 5.40. The van der Waals surface area contributed by atoms with Gasteiger partial charge in [-0.05, 0) is 26.1 Å². The zero-order valence-electron chi connectivity index (χ0n) is 12.0. The van der Waals surface area contributed by atoms with Gasteiger partial charge in [-0.1, -0.05) is 16.9 Å². The number of rotatable bonds is 7. The van der Waals surface area contributed by atoms with E-state index in [-0.39, 0.29) is 5.91 Å². The molecule has 0 saturated carbocycles. The van der Waals surface area contributed by atoms with Crippen molar-refractivity contribution < 1.29 is 9.32 Å². The molecule has 6 nitrogen and oxygen atoms in total. The second-order valence-electron chi connectivity index (χ2n) is 4.43. The highest BCUT2D eigenvalue weighted by Gasteiger charge is 2.13. The average molecular weight is 306 g/mol. The third kappa shape index (κ3) is 4.57.